The van der Waals surface area contributed by atoms with Gasteiger partial charge in [-0.2, -0.15) is 0 Å². The van der Waals surface area contributed by atoms with Gasteiger partial charge in [-0.3, -0.25) is 4.79 Å². The van der Waals surface area contributed by atoms with Crippen molar-refractivity contribution < 1.29 is 9.90 Å². The molecule has 1 N–H and O–H groups in total. The lowest BCUT2D eigenvalue weighted by atomic mass is 9.44. The first-order valence-electron chi connectivity index (χ1n) is 12.5. The number of rotatable bonds is 5. The van der Waals surface area contributed by atoms with E-state index in [-0.39, 0.29) is 5.92 Å². The van der Waals surface area contributed by atoms with Crippen molar-refractivity contribution in [1.29, 1.82) is 0 Å². The van der Waals surface area contributed by atoms with Gasteiger partial charge in [0.05, 0.1) is 5.92 Å². The molecule has 2 heteroatoms. The summed E-state index contributed by atoms with van der Waals surface area (Å²) in [6.07, 6.45) is 16.2. The molecule has 160 valence electrons. The molecule has 0 amide bonds. The van der Waals surface area contributed by atoms with Gasteiger partial charge in [0.25, 0.3) is 0 Å². The van der Waals surface area contributed by atoms with Crippen LogP contribution in [-0.4, -0.2) is 11.1 Å². The third-order valence-electron chi connectivity index (χ3n) is 10.8. The van der Waals surface area contributed by atoms with Crippen molar-refractivity contribution in [2.75, 3.05) is 0 Å². The molecule has 0 spiro atoms. The monoisotopic (exact) mass is 388 g/mol. The summed E-state index contributed by atoms with van der Waals surface area (Å²) in [5, 5.41) is 9.55. The van der Waals surface area contributed by atoms with E-state index >= 15 is 0 Å². The zero-order chi connectivity index (χ0) is 20.1. The summed E-state index contributed by atoms with van der Waals surface area (Å²) >= 11 is 0. The number of carbonyl (C=O) groups is 1. The van der Waals surface area contributed by atoms with Crippen LogP contribution in [-0.2, 0) is 4.79 Å². The summed E-state index contributed by atoms with van der Waals surface area (Å²) in [5.74, 6) is 4.40. The number of carboxylic acid groups (broad SMARTS) is 1. The molecule has 0 aromatic carbocycles. The van der Waals surface area contributed by atoms with Crippen LogP contribution in [0.5, 0.6) is 0 Å². The van der Waals surface area contributed by atoms with E-state index < -0.39 is 5.97 Å². The van der Waals surface area contributed by atoms with Crippen molar-refractivity contribution in [2.24, 2.45) is 52.3 Å². The van der Waals surface area contributed by atoms with Gasteiger partial charge in [-0.05, 0) is 111 Å². The second-order valence-electron chi connectivity index (χ2n) is 11.8. The van der Waals surface area contributed by atoms with Crippen molar-refractivity contribution in [3.05, 3.63) is 0 Å². The Balaban J connectivity index is 1.51. The van der Waals surface area contributed by atoms with Crippen molar-refractivity contribution in [3.63, 3.8) is 0 Å². The molecular weight excluding hydrogens is 344 g/mol. The molecule has 0 heterocycles. The molecule has 4 aliphatic carbocycles. The zero-order valence-corrected chi connectivity index (χ0v) is 18.9. The van der Waals surface area contributed by atoms with E-state index in [2.05, 4.69) is 20.8 Å². The summed E-state index contributed by atoms with van der Waals surface area (Å²) in [6, 6.07) is 0. The normalized spacial score (nSPS) is 47.5. The summed E-state index contributed by atoms with van der Waals surface area (Å²) < 4.78 is 0. The molecule has 28 heavy (non-hydrogen) atoms. The van der Waals surface area contributed by atoms with Crippen molar-refractivity contribution in [3.8, 4) is 0 Å². The van der Waals surface area contributed by atoms with Gasteiger partial charge in [-0.1, -0.05) is 40.5 Å². The van der Waals surface area contributed by atoms with E-state index in [9.17, 15) is 9.90 Å². The minimum Gasteiger partial charge on any atom is -0.481 e. The Kier molecular flexibility index (Phi) is 5.64. The summed E-state index contributed by atoms with van der Waals surface area (Å²) in [7, 11) is 0. The Labute approximate surface area is 173 Å². The maximum Gasteiger partial charge on any atom is 0.306 e. The summed E-state index contributed by atoms with van der Waals surface area (Å²) in [5.41, 5.74) is 1.10. The lowest BCUT2D eigenvalue weighted by Crippen LogP contribution is -2.53. The van der Waals surface area contributed by atoms with Gasteiger partial charge in [-0.25, -0.2) is 0 Å². The van der Waals surface area contributed by atoms with E-state index in [1.807, 2.05) is 6.92 Å². The fraction of sp³-hybridized carbons (Fsp3) is 0.962. The standard InChI is InChI=1S/C26H44O2/c1-5-18(24(27)28)16-17(2)21-11-12-22-20-10-9-19-8-6-7-14-25(19,3)23(20)13-15-26(21,22)4/h17-23H,5-16H2,1-4H3,(H,27,28)/t17-,18?,19?,20+,21-,22+,23+,25+,26-/m1/s1. The quantitative estimate of drug-likeness (QED) is 0.542. The highest BCUT2D eigenvalue weighted by Crippen LogP contribution is 2.68. The van der Waals surface area contributed by atoms with Crippen LogP contribution in [0.15, 0.2) is 0 Å². The molecule has 4 rings (SSSR count). The predicted molar refractivity (Wildman–Crippen MR) is 115 cm³/mol. The van der Waals surface area contributed by atoms with Crippen LogP contribution in [0.4, 0.5) is 0 Å². The van der Waals surface area contributed by atoms with Crippen LogP contribution in [0.1, 0.15) is 105 Å². The average molecular weight is 389 g/mol. The molecule has 0 aromatic rings. The number of fused-ring (bicyclic) bond motifs is 5. The van der Waals surface area contributed by atoms with Gasteiger partial charge < -0.3 is 5.11 Å². The number of aliphatic carboxylic acids is 1. The molecule has 0 radical (unpaired) electrons. The largest absolute Gasteiger partial charge is 0.481 e. The van der Waals surface area contributed by atoms with Crippen molar-refractivity contribution in [2.45, 2.75) is 105 Å². The minimum absolute atomic E-state index is 0.148. The third kappa shape index (κ3) is 3.16. The highest BCUT2D eigenvalue weighted by atomic mass is 16.4. The van der Waals surface area contributed by atoms with Crippen LogP contribution < -0.4 is 0 Å². The highest BCUT2D eigenvalue weighted by molar-refractivity contribution is 5.69. The molecule has 9 atom stereocenters. The second-order valence-corrected chi connectivity index (χ2v) is 11.8. The number of carboxylic acids is 1. The van der Waals surface area contributed by atoms with E-state index in [1.54, 1.807) is 0 Å². The van der Waals surface area contributed by atoms with Crippen LogP contribution in [0.3, 0.4) is 0 Å². The molecule has 0 aliphatic heterocycles. The molecule has 4 fully saturated rings. The highest BCUT2D eigenvalue weighted by Gasteiger charge is 2.60. The summed E-state index contributed by atoms with van der Waals surface area (Å²) in [4.78, 5) is 11.6. The third-order valence-corrected chi connectivity index (χ3v) is 10.8. The topological polar surface area (TPSA) is 37.3 Å². The molecule has 0 saturated heterocycles. The fourth-order valence-electron chi connectivity index (χ4n) is 9.33. The van der Waals surface area contributed by atoms with Crippen LogP contribution in [0.25, 0.3) is 0 Å². The molecule has 4 aliphatic rings. The van der Waals surface area contributed by atoms with Gasteiger partial charge in [0.15, 0.2) is 0 Å². The Morgan fingerprint density at radius 1 is 0.964 bits per heavy atom. The van der Waals surface area contributed by atoms with E-state index in [1.165, 1.54) is 64.2 Å². The first-order chi connectivity index (χ1) is 13.3. The first kappa shape index (κ1) is 20.7. The fourth-order valence-corrected chi connectivity index (χ4v) is 9.33. The Hall–Kier alpha value is -0.530. The summed E-state index contributed by atoms with van der Waals surface area (Å²) in [6.45, 7) is 9.69. The molecular formula is C26H44O2. The van der Waals surface area contributed by atoms with E-state index in [4.69, 9.17) is 0 Å². The van der Waals surface area contributed by atoms with Gasteiger partial charge >= 0.3 is 5.97 Å². The minimum atomic E-state index is -0.582. The van der Waals surface area contributed by atoms with E-state index in [0.29, 0.717) is 16.7 Å². The lowest BCUT2D eigenvalue weighted by molar-refractivity contribution is -0.143. The molecule has 0 aromatic heterocycles. The number of hydrogen-bond acceptors (Lipinski definition) is 1. The smallest absolute Gasteiger partial charge is 0.306 e. The first-order valence-corrected chi connectivity index (χ1v) is 12.5. The maximum atomic E-state index is 11.6. The average Bonchev–Trinajstić information content (AvgIpc) is 3.02. The maximum absolute atomic E-state index is 11.6. The Bertz CT molecular complexity index is 585. The van der Waals surface area contributed by atoms with Crippen LogP contribution >= 0.6 is 0 Å². The molecule has 2 nitrogen and oxygen atoms in total. The number of hydrogen-bond donors (Lipinski definition) is 1. The van der Waals surface area contributed by atoms with Crippen LogP contribution in [0.2, 0.25) is 0 Å². The van der Waals surface area contributed by atoms with Crippen molar-refractivity contribution >= 4 is 5.97 Å². The van der Waals surface area contributed by atoms with Crippen molar-refractivity contribution in [1.82, 2.24) is 0 Å². The predicted octanol–water partition coefficient (Wildman–Crippen LogP) is 7.17. The van der Waals surface area contributed by atoms with Gasteiger partial charge in [0, 0.05) is 0 Å². The lowest BCUT2D eigenvalue weighted by Gasteiger charge is -2.61. The molecule has 0 bridgehead atoms. The second kappa shape index (κ2) is 7.62. The Morgan fingerprint density at radius 3 is 2.43 bits per heavy atom. The van der Waals surface area contributed by atoms with E-state index in [0.717, 1.165) is 42.4 Å². The van der Waals surface area contributed by atoms with Gasteiger partial charge in [0.1, 0.15) is 0 Å². The van der Waals surface area contributed by atoms with Gasteiger partial charge in [-0.15, -0.1) is 0 Å². The Morgan fingerprint density at radius 2 is 1.71 bits per heavy atom. The van der Waals surface area contributed by atoms with Crippen LogP contribution in [0, 0.1) is 52.3 Å². The van der Waals surface area contributed by atoms with Gasteiger partial charge in [0.2, 0.25) is 0 Å². The molecule has 2 unspecified atom stereocenters. The zero-order valence-electron chi connectivity index (χ0n) is 18.9. The molecule has 4 saturated carbocycles. The SMILES string of the molecule is CCC(C[C@@H](C)[C@H]1CC[C@H]2[C@@H]3CCC4CCCC[C@]4(C)[C@H]3CC[C@]12C)C(=O)O.